The Labute approximate surface area is 188 Å². The summed E-state index contributed by atoms with van der Waals surface area (Å²) in [6.07, 6.45) is -1.11. The molecule has 2 aromatic carbocycles. The van der Waals surface area contributed by atoms with Gasteiger partial charge in [0.2, 0.25) is 0 Å². The second-order valence-corrected chi connectivity index (χ2v) is 7.73. The number of nitrogens with zero attached hydrogens (tertiary/aromatic N) is 1. The van der Waals surface area contributed by atoms with Gasteiger partial charge in [-0.1, -0.05) is 24.0 Å². The lowest BCUT2D eigenvalue weighted by molar-refractivity contribution is -0.125. The number of aliphatic hydroxyl groups is 2. The van der Waals surface area contributed by atoms with Gasteiger partial charge in [0.25, 0.3) is 5.91 Å². The molecule has 2 atom stereocenters. The maximum absolute atomic E-state index is 12.3. The third kappa shape index (κ3) is 6.74. The standard InChI is InChI=1S/C25H28N2O5/c1-18(29)24(23(30)17-28)26-25(31)22-10-8-20(9-11-22)3-2-19-4-6-21(7-5-19)16-27-12-14-32-15-13-27/h4-11,18,24,28-29H,12-17H2,1H3,(H,26,31)/t18-,24-/m0/s1. The molecule has 0 radical (unpaired) electrons. The van der Waals surface area contributed by atoms with Crippen LogP contribution >= 0.6 is 0 Å². The van der Waals surface area contributed by atoms with E-state index < -0.39 is 30.4 Å². The number of ketones is 1. The van der Waals surface area contributed by atoms with Crippen LogP contribution in [-0.4, -0.2) is 71.9 Å². The quantitative estimate of drug-likeness (QED) is 0.560. The highest BCUT2D eigenvalue weighted by atomic mass is 16.5. The monoisotopic (exact) mass is 436 g/mol. The van der Waals surface area contributed by atoms with Gasteiger partial charge < -0.3 is 20.3 Å². The molecule has 0 bridgehead atoms. The molecule has 0 aromatic heterocycles. The van der Waals surface area contributed by atoms with Crippen molar-refractivity contribution < 1.29 is 24.5 Å². The van der Waals surface area contributed by atoms with Crippen molar-refractivity contribution in [1.82, 2.24) is 10.2 Å². The molecule has 1 heterocycles. The summed E-state index contributed by atoms with van der Waals surface area (Å²) >= 11 is 0. The molecule has 0 spiro atoms. The van der Waals surface area contributed by atoms with E-state index in [0.717, 1.165) is 44.0 Å². The molecule has 32 heavy (non-hydrogen) atoms. The minimum atomic E-state index is -1.15. The fourth-order valence-electron chi connectivity index (χ4n) is 3.35. The molecule has 7 heteroatoms. The Hall–Kier alpha value is -3.02. The SMILES string of the molecule is C[C@H](O)[C@H](NC(=O)c1ccc(C#Cc2ccc(CN3CCOCC3)cc2)cc1)C(=O)CO. The Bertz CT molecular complexity index is 968. The highest BCUT2D eigenvalue weighted by Gasteiger charge is 2.25. The van der Waals surface area contributed by atoms with Crippen molar-refractivity contribution in [2.24, 2.45) is 0 Å². The van der Waals surface area contributed by atoms with Gasteiger partial charge >= 0.3 is 0 Å². The van der Waals surface area contributed by atoms with Gasteiger partial charge in [-0.25, -0.2) is 0 Å². The third-order valence-electron chi connectivity index (χ3n) is 5.23. The number of rotatable bonds is 7. The Kier molecular flexibility index (Phi) is 8.54. The van der Waals surface area contributed by atoms with Crippen LogP contribution in [0.15, 0.2) is 48.5 Å². The maximum Gasteiger partial charge on any atom is 0.251 e. The Morgan fingerprint density at radius 1 is 1.03 bits per heavy atom. The zero-order valence-corrected chi connectivity index (χ0v) is 18.1. The predicted octanol–water partition coefficient (Wildman–Crippen LogP) is 0.959. The number of carbonyl (C=O) groups is 2. The van der Waals surface area contributed by atoms with E-state index in [1.165, 1.54) is 12.5 Å². The second kappa shape index (κ2) is 11.6. The number of hydrogen-bond donors (Lipinski definition) is 3. The van der Waals surface area contributed by atoms with Crippen LogP contribution in [0.25, 0.3) is 0 Å². The van der Waals surface area contributed by atoms with Gasteiger partial charge in [-0.05, 0) is 48.9 Å². The Balaban J connectivity index is 1.58. The van der Waals surface area contributed by atoms with E-state index >= 15 is 0 Å². The molecule has 1 fully saturated rings. The van der Waals surface area contributed by atoms with Gasteiger partial charge in [-0.3, -0.25) is 14.5 Å². The first-order chi connectivity index (χ1) is 15.5. The molecular weight excluding hydrogens is 408 g/mol. The fourth-order valence-corrected chi connectivity index (χ4v) is 3.35. The number of carbonyl (C=O) groups excluding carboxylic acids is 2. The van der Waals surface area contributed by atoms with Crippen molar-refractivity contribution in [2.45, 2.75) is 25.6 Å². The number of hydrogen-bond acceptors (Lipinski definition) is 6. The summed E-state index contributed by atoms with van der Waals surface area (Å²) in [7, 11) is 0. The zero-order valence-electron chi connectivity index (χ0n) is 18.1. The van der Waals surface area contributed by atoms with Crippen LogP contribution in [-0.2, 0) is 16.1 Å². The van der Waals surface area contributed by atoms with Crippen molar-refractivity contribution in [3.63, 3.8) is 0 Å². The van der Waals surface area contributed by atoms with Crippen LogP contribution in [0.5, 0.6) is 0 Å². The second-order valence-electron chi connectivity index (χ2n) is 7.73. The van der Waals surface area contributed by atoms with Crippen LogP contribution in [0.4, 0.5) is 0 Å². The summed E-state index contributed by atoms with van der Waals surface area (Å²) < 4.78 is 5.38. The van der Waals surface area contributed by atoms with E-state index in [-0.39, 0.29) is 0 Å². The third-order valence-corrected chi connectivity index (χ3v) is 5.23. The van der Waals surface area contributed by atoms with Gasteiger partial charge in [0, 0.05) is 36.3 Å². The van der Waals surface area contributed by atoms with Crippen LogP contribution in [0.3, 0.4) is 0 Å². The molecule has 1 aliphatic rings. The van der Waals surface area contributed by atoms with E-state index in [1.807, 2.05) is 12.1 Å². The zero-order chi connectivity index (χ0) is 22.9. The molecule has 0 unspecified atom stereocenters. The maximum atomic E-state index is 12.3. The van der Waals surface area contributed by atoms with Crippen molar-refractivity contribution in [1.29, 1.82) is 0 Å². The molecule has 3 rings (SSSR count). The van der Waals surface area contributed by atoms with Crippen molar-refractivity contribution in [3.8, 4) is 11.8 Å². The van der Waals surface area contributed by atoms with Crippen LogP contribution in [0.2, 0.25) is 0 Å². The summed E-state index contributed by atoms with van der Waals surface area (Å²) in [5.41, 5.74) is 3.22. The molecule has 0 saturated carbocycles. The first-order valence-electron chi connectivity index (χ1n) is 10.6. The predicted molar refractivity (Wildman–Crippen MR) is 120 cm³/mol. The first kappa shape index (κ1) is 23.6. The molecule has 7 nitrogen and oxygen atoms in total. The van der Waals surface area contributed by atoms with Gasteiger partial charge in [-0.2, -0.15) is 0 Å². The van der Waals surface area contributed by atoms with Crippen LogP contribution in [0.1, 0.15) is 34.0 Å². The number of ether oxygens (including phenoxy) is 1. The summed E-state index contributed by atoms with van der Waals surface area (Å²) in [5, 5.41) is 21.1. The van der Waals surface area contributed by atoms with Gasteiger partial charge in [0.15, 0.2) is 5.78 Å². The number of morpholine rings is 1. The largest absolute Gasteiger partial charge is 0.391 e. The summed E-state index contributed by atoms with van der Waals surface area (Å²) in [4.78, 5) is 26.4. The van der Waals surface area contributed by atoms with Gasteiger partial charge in [0.05, 0.1) is 19.3 Å². The van der Waals surface area contributed by atoms with Crippen LogP contribution in [0, 0.1) is 11.8 Å². The summed E-state index contributed by atoms with van der Waals surface area (Å²) in [6, 6.07) is 13.7. The Morgan fingerprint density at radius 3 is 2.12 bits per heavy atom. The minimum Gasteiger partial charge on any atom is -0.391 e. The fraction of sp³-hybridized carbons (Fsp3) is 0.360. The van der Waals surface area contributed by atoms with Crippen molar-refractivity contribution in [3.05, 3.63) is 70.8 Å². The first-order valence-corrected chi connectivity index (χ1v) is 10.6. The number of amides is 1. The lowest BCUT2D eigenvalue weighted by Gasteiger charge is -2.26. The molecule has 0 aliphatic carbocycles. The van der Waals surface area contributed by atoms with Crippen molar-refractivity contribution >= 4 is 11.7 Å². The van der Waals surface area contributed by atoms with Crippen molar-refractivity contribution in [2.75, 3.05) is 32.9 Å². The molecule has 1 aliphatic heterocycles. The van der Waals surface area contributed by atoms with E-state index in [0.29, 0.717) is 5.56 Å². The molecule has 2 aromatic rings. The molecular formula is C25H28N2O5. The normalized spacial score (nSPS) is 15.8. The molecule has 1 saturated heterocycles. The van der Waals surface area contributed by atoms with Crippen LogP contribution < -0.4 is 5.32 Å². The topological polar surface area (TPSA) is 99.1 Å². The average Bonchev–Trinajstić information content (AvgIpc) is 2.82. The summed E-state index contributed by atoms with van der Waals surface area (Å²) in [5.74, 6) is 5.05. The van der Waals surface area contributed by atoms with Gasteiger partial charge in [0.1, 0.15) is 12.6 Å². The van der Waals surface area contributed by atoms with E-state index in [4.69, 9.17) is 9.84 Å². The summed E-state index contributed by atoms with van der Waals surface area (Å²) in [6.45, 7) is 5.00. The number of Topliss-reactive ketones (excluding diaryl/α,β-unsaturated/α-hetero) is 1. The number of nitrogens with one attached hydrogen (secondary N) is 1. The molecule has 1 amide bonds. The smallest absolute Gasteiger partial charge is 0.251 e. The highest BCUT2D eigenvalue weighted by molar-refractivity contribution is 5.98. The van der Waals surface area contributed by atoms with Gasteiger partial charge in [-0.15, -0.1) is 0 Å². The molecule has 168 valence electrons. The number of benzene rings is 2. The Morgan fingerprint density at radius 2 is 1.59 bits per heavy atom. The van der Waals surface area contributed by atoms with E-state index in [9.17, 15) is 14.7 Å². The van der Waals surface area contributed by atoms with E-state index in [1.54, 1.807) is 24.3 Å². The average molecular weight is 437 g/mol. The minimum absolute atomic E-state index is 0.333. The number of aliphatic hydroxyl groups excluding tert-OH is 2. The van der Waals surface area contributed by atoms with E-state index in [2.05, 4.69) is 34.2 Å². The highest BCUT2D eigenvalue weighted by Crippen LogP contribution is 2.10. The lowest BCUT2D eigenvalue weighted by atomic mass is 10.1. The lowest BCUT2D eigenvalue weighted by Crippen LogP contribution is -2.48. The molecule has 3 N–H and O–H groups in total.